The first-order valence-electron chi connectivity index (χ1n) is 8.40. The summed E-state index contributed by atoms with van der Waals surface area (Å²) in [6.45, 7) is 3.20. The molecular formula is C20H21ClN2O. The molecule has 24 heavy (non-hydrogen) atoms. The summed E-state index contributed by atoms with van der Waals surface area (Å²) in [6, 6.07) is 16.5. The zero-order chi connectivity index (χ0) is 16.5. The molecule has 0 radical (unpaired) electrons. The zero-order valence-electron chi connectivity index (χ0n) is 13.5. The largest absolute Gasteiger partial charge is 0.390 e. The van der Waals surface area contributed by atoms with Gasteiger partial charge in [-0.05, 0) is 41.1 Å². The van der Waals surface area contributed by atoms with Gasteiger partial charge in [0, 0.05) is 42.9 Å². The normalized spacial score (nSPS) is 16.2. The van der Waals surface area contributed by atoms with Gasteiger partial charge in [-0.3, -0.25) is 4.90 Å². The lowest BCUT2D eigenvalue weighted by Gasteiger charge is -2.30. The van der Waals surface area contributed by atoms with E-state index in [-0.39, 0.29) is 0 Å². The number of hydrogen-bond donors (Lipinski definition) is 1. The van der Waals surface area contributed by atoms with Crippen molar-refractivity contribution in [1.82, 2.24) is 9.47 Å². The molecule has 1 N–H and O–H groups in total. The van der Waals surface area contributed by atoms with E-state index in [9.17, 15) is 5.11 Å². The molecule has 124 valence electrons. The van der Waals surface area contributed by atoms with E-state index in [2.05, 4.69) is 39.8 Å². The summed E-state index contributed by atoms with van der Waals surface area (Å²) >= 11 is 6.10. The lowest BCUT2D eigenvalue weighted by atomic mass is 10.00. The fraction of sp³-hybridized carbons (Fsp3) is 0.300. The zero-order valence-corrected chi connectivity index (χ0v) is 14.3. The molecule has 0 aliphatic carbocycles. The molecule has 1 aromatic heterocycles. The van der Waals surface area contributed by atoms with Gasteiger partial charge in [0.2, 0.25) is 0 Å². The average molecular weight is 341 g/mol. The van der Waals surface area contributed by atoms with Crippen LogP contribution < -0.4 is 0 Å². The highest BCUT2D eigenvalue weighted by molar-refractivity contribution is 6.31. The molecule has 0 saturated heterocycles. The lowest BCUT2D eigenvalue weighted by molar-refractivity contribution is 0.0928. The maximum absolute atomic E-state index is 10.6. The summed E-state index contributed by atoms with van der Waals surface area (Å²) in [7, 11) is 0. The van der Waals surface area contributed by atoms with E-state index in [0.29, 0.717) is 13.1 Å². The van der Waals surface area contributed by atoms with Crippen molar-refractivity contribution in [3.05, 3.63) is 70.9 Å². The molecule has 1 atom stereocenters. The van der Waals surface area contributed by atoms with Gasteiger partial charge in [0.15, 0.2) is 0 Å². The first kappa shape index (κ1) is 15.7. The Labute approximate surface area is 147 Å². The Kier molecular flexibility index (Phi) is 4.31. The van der Waals surface area contributed by atoms with Crippen molar-refractivity contribution < 1.29 is 5.11 Å². The Morgan fingerprint density at radius 2 is 1.88 bits per heavy atom. The van der Waals surface area contributed by atoms with Crippen LogP contribution in [0.4, 0.5) is 0 Å². The van der Waals surface area contributed by atoms with E-state index in [1.165, 1.54) is 11.1 Å². The smallest absolute Gasteiger partial charge is 0.0845 e. The second kappa shape index (κ2) is 6.60. The third-order valence-corrected chi connectivity index (χ3v) is 5.06. The summed E-state index contributed by atoms with van der Waals surface area (Å²) < 4.78 is 2.09. The van der Waals surface area contributed by atoms with Crippen molar-refractivity contribution in [2.24, 2.45) is 0 Å². The van der Waals surface area contributed by atoms with Crippen LogP contribution in [0.15, 0.2) is 54.7 Å². The Morgan fingerprint density at radius 3 is 2.75 bits per heavy atom. The summed E-state index contributed by atoms with van der Waals surface area (Å²) in [5.41, 5.74) is 3.90. The van der Waals surface area contributed by atoms with Gasteiger partial charge < -0.3 is 9.67 Å². The SMILES string of the molecule is O[C@H](CN1CCc2ccccc2C1)Cn1ccc2ccc(Cl)cc21. The lowest BCUT2D eigenvalue weighted by Crippen LogP contribution is -2.38. The maximum atomic E-state index is 10.6. The van der Waals surface area contributed by atoms with Gasteiger partial charge in [-0.1, -0.05) is 41.9 Å². The summed E-state index contributed by atoms with van der Waals surface area (Å²) in [5, 5.41) is 12.4. The Bertz CT molecular complexity index is 858. The van der Waals surface area contributed by atoms with Crippen LogP contribution in [0, 0.1) is 0 Å². The molecular weight excluding hydrogens is 320 g/mol. The molecule has 3 nitrogen and oxygen atoms in total. The van der Waals surface area contributed by atoms with Gasteiger partial charge in [-0.15, -0.1) is 0 Å². The highest BCUT2D eigenvalue weighted by Gasteiger charge is 2.18. The predicted octanol–water partition coefficient (Wildman–Crippen LogP) is 3.71. The van der Waals surface area contributed by atoms with Gasteiger partial charge in [0.05, 0.1) is 6.10 Å². The fourth-order valence-corrected chi connectivity index (χ4v) is 3.78. The highest BCUT2D eigenvalue weighted by Crippen LogP contribution is 2.22. The summed E-state index contributed by atoms with van der Waals surface area (Å²) in [5.74, 6) is 0. The molecule has 1 aliphatic rings. The van der Waals surface area contributed by atoms with Crippen molar-refractivity contribution in [1.29, 1.82) is 0 Å². The van der Waals surface area contributed by atoms with Crippen LogP contribution in [0.1, 0.15) is 11.1 Å². The number of aromatic nitrogens is 1. The van der Waals surface area contributed by atoms with Gasteiger partial charge in [-0.25, -0.2) is 0 Å². The van der Waals surface area contributed by atoms with E-state index in [4.69, 9.17) is 11.6 Å². The Balaban J connectivity index is 1.43. The molecule has 0 fully saturated rings. The quantitative estimate of drug-likeness (QED) is 0.784. The number of rotatable bonds is 4. The van der Waals surface area contributed by atoms with Crippen molar-refractivity contribution in [3.63, 3.8) is 0 Å². The van der Waals surface area contributed by atoms with Crippen LogP contribution in [0.25, 0.3) is 10.9 Å². The average Bonchev–Trinajstić information content (AvgIpc) is 2.97. The number of benzene rings is 2. The first-order valence-corrected chi connectivity index (χ1v) is 8.78. The van der Waals surface area contributed by atoms with E-state index in [1.54, 1.807) is 0 Å². The van der Waals surface area contributed by atoms with Crippen molar-refractivity contribution in [2.45, 2.75) is 25.6 Å². The molecule has 2 aromatic carbocycles. The second-order valence-corrected chi connectivity index (χ2v) is 7.02. The third kappa shape index (κ3) is 3.20. The summed E-state index contributed by atoms with van der Waals surface area (Å²) in [4.78, 5) is 2.34. The Morgan fingerprint density at radius 1 is 1.04 bits per heavy atom. The van der Waals surface area contributed by atoms with E-state index in [0.717, 1.165) is 35.4 Å². The van der Waals surface area contributed by atoms with Crippen molar-refractivity contribution >= 4 is 22.5 Å². The number of hydrogen-bond acceptors (Lipinski definition) is 2. The predicted molar refractivity (Wildman–Crippen MR) is 98.4 cm³/mol. The standard InChI is InChI=1S/C20H21ClN2O/c21-18-6-5-16-8-10-23(20(16)11-18)14-19(24)13-22-9-7-15-3-1-2-4-17(15)12-22/h1-6,8,10-11,19,24H,7,9,12-14H2/t19-/m1/s1. The van der Waals surface area contributed by atoms with E-state index >= 15 is 0 Å². The number of aliphatic hydroxyl groups excluding tert-OH is 1. The molecule has 0 saturated carbocycles. The second-order valence-electron chi connectivity index (χ2n) is 6.58. The van der Waals surface area contributed by atoms with Crippen molar-refractivity contribution in [3.8, 4) is 0 Å². The van der Waals surface area contributed by atoms with Gasteiger partial charge in [-0.2, -0.15) is 0 Å². The molecule has 1 aliphatic heterocycles. The monoisotopic (exact) mass is 340 g/mol. The van der Waals surface area contributed by atoms with E-state index < -0.39 is 6.10 Å². The number of halogens is 1. The number of nitrogens with zero attached hydrogens (tertiary/aromatic N) is 2. The van der Waals surface area contributed by atoms with Crippen molar-refractivity contribution in [2.75, 3.05) is 13.1 Å². The molecule has 4 heteroatoms. The third-order valence-electron chi connectivity index (χ3n) is 4.82. The van der Waals surface area contributed by atoms with Gasteiger partial charge in [0.25, 0.3) is 0 Å². The minimum Gasteiger partial charge on any atom is -0.390 e. The van der Waals surface area contributed by atoms with Crippen LogP contribution in [-0.4, -0.2) is 33.8 Å². The van der Waals surface area contributed by atoms with Crippen LogP contribution in [0.2, 0.25) is 5.02 Å². The van der Waals surface area contributed by atoms with Crippen LogP contribution >= 0.6 is 11.6 Å². The fourth-order valence-electron chi connectivity index (χ4n) is 3.61. The van der Waals surface area contributed by atoms with E-state index in [1.807, 2.05) is 24.4 Å². The highest BCUT2D eigenvalue weighted by atomic mass is 35.5. The minimum atomic E-state index is -0.398. The molecule has 0 amide bonds. The molecule has 0 spiro atoms. The maximum Gasteiger partial charge on any atom is 0.0845 e. The van der Waals surface area contributed by atoms with Crippen LogP contribution in [0.5, 0.6) is 0 Å². The molecule has 3 aromatic rings. The molecule has 4 rings (SSSR count). The molecule has 0 unspecified atom stereocenters. The first-order chi connectivity index (χ1) is 11.7. The Hall–Kier alpha value is -1.81. The minimum absolute atomic E-state index is 0.398. The summed E-state index contributed by atoms with van der Waals surface area (Å²) in [6.07, 6.45) is 2.69. The molecule has 2 heterocycles. The number of aliphatic hydroxyl groups is 1. The van der Waals surface area contributed by atoms with Crippen LogP contribution in [-0.2, 0) is 19.5 Å². The topological polar surface area (TPSA) is 28.4 Å². The van der Waals surface area contributed by atoms with Crippen LogP contribution in [0.3, 0.4) is 0 Å². The number of β-amino-alcohol motifs (C(OH)–C–C–N with tert-alkyl or cyclic N) is 1. The van der Waals surface area contributed by atoms with Gasteiger partial charge >= 0.3 is 0 Å². The van der Waals surface area contributed by atoms with Gasteiger partial charge in [0.1, 0.15) is 0 Å². The molecule has 0 bridgehead atoms. The number of fused-ring (bicyclic) bond motifs is 2.